The molecule has 0 spiro atoms. The van der Waals surface area contributed by atoms with Crippen molar-refractivity contribution in [2.75, 3.05) is 11.9 Å². The Kier molecular flexibility index (Phi) is 2.74. The Balaban J connectivity index is 1.79. The maximum atomic E-state index is 13.5. The van der Waals surface area contributed by atoms with Gasteiger partial charge in [-0.25, -0.2) is 4.39 Å². The summed E-state index contributed by atoms with van der Waals surface area (Å²) < 4.78 is 19.4. The average molecular weight is 269 g/mol. The van der Waals surface area contributed by atoms with E-state index in [2.05, 4.69) is 29.6 Å². The number of fused-ring (bicyclic) bond motifs is 3. The van der Waals surface area contributed by atoms with Gasteiger partial charge in [-0.15, -0.1) is 0 Å². The zero-order valence-corrected chi connectivity index (χ0v) is 11.1. The van der Waals surface area contributed by atoms with Crippen molar-refractivity contribution in [2.45, 2.75) is 18.6 Å². The molecule has 102 valence electrons. The van der Waals surface area contributed by atoms with Gasteiger partial charge in [0.1, 0.15) is 5.82 Å². The number of hydrogen-bond donors (Lipinski definition) is 1. The topological polar surface area (TPSA) is 21.3 Å². The molecule has 2 heterocycles. The molecule has 0 aliphatic carbocycles. The SMILES string of the molecule is Fc1ccc2c(c1)C1OCCC1C(c1ccccc1)N2. The summed E-state index contributed by atoms with van der Waals surface area (Å²) in [5, 5.41) is 3.57. The summed E-state index contributed by atoms with van der Waals surface area (Å²) in [4.78, 5) is 0. The summed E-state index contributed by atoms with van der Waals surface area (Å²) in [7, 11) is 0. The number of halogens is 1. The zero-order chi connectivity index (χ0) is 13.5. The maximum Gasteiger partial charge on any atom is 0.123 e. The lowest BCUT2D eigenvalue weighted by atomic mass is 9.81. The van der Waals surface area contributed by atoms with E-state index in [0.29, 0.717) is 5.92 Å². The minimum Gasteiger partial charge on any atom is -0.378 e. The van der Waals surface area contributed by atoms with E-state index < -0.39 is 0 Å². The normalized spacial score (nSPS) is 27.6. The molecule has 1 fully saturated rings. The number of ether oxygens (including phenoxy) is 1. The quantitative estimate of drug-likeness (QED) is 0.842. The van der Waals surface area contributed by atoms with Gasteiger partial charge in [0.25, 0.3) is 0 Å². The third-order valence-corrected chi connectivity index (χ3v) is 4.36. The lowest BCUT2D eigenvalue weighted by Gasteiger charge is -2.36. The fourth-order valence-electron chi connectivity index (χ4n) is 3.43. The van der Waals surface area contributed by atoms with E-state index >= 15 is 0 Å². The third kappa shape index (κ3) is 1.81. The van der Waals surface area contributed by atoms with Crippen molar-refractivity contribution < 1.29 is 9.13 Å². The van der Waals surface area contributed by atoms with Gasteiger partial charge in [0.2, 0.25) is 0 Å². The molecule has 0 saturated carbocycles. The fourth-order valence-corrected chi connectivity index (χ4v) is 3.43. The molecule has 1 saturated heterocycles. The Morgan fingerprint density at radius 2 is 1.95 bits per heavy atom. The molecule has 0 amide bonds. The Morgan fingerprint density at radius 3 is 2.80 bits per heavy atom. The van der Waals surface area contributed by atoms with Crippen LogP contribution in [-0.4, -0.2) is 6.61 Å². The van der Waals surface area contributed by atoms with Crippen molar-refractivity contribution in [1.82, 2.24) is 0 Å². The van der Waals surface area contributed by atoms with Crippen LogP contribution in [0.3, 0.4) is 0 Å². The van der Waals surface area contributed by atoms with Crippen LogP contribution in [0.1, 0.15) is 29.7 Å². The molecule has 0 radical (unpaired) electrons. The summed E-state index contributed by atoms with van der Waals surface area (Å²) in [6.45, 7) is 0.746. The van der Waals surface area contributed by atoms with Gasteiger partial charge in [-0.2, -0.15) is 0 Å². The van der Waals surface area contributed by atoms with Crippen LogP contribution in [0.25, 0.3) is 0 Å². The molecule has 3 unspecified atom stereocenters. The van der Waals surface area contributed by atoms with E-state index in [1.807, 2.05) is 12.1 Å². The van der Waals surface area contributed by atoms with Crippen molar-refractivity contribution >= 4 is 5.69 Å². The molecular formula is C17H16FNO. The van der Waals surface area contributed by atoms with Gasteiger partial charge >= 0.3 is 0 Å². The number of hydrogen-bond acceptors (Lipinski definition) is 2. The van der Waals surface area contributed by atoms with Crippen LogP contribution >= 0.6 is 0 Å². The van der Waals surface area contributed by atoms with Crippen LogP contribution in [-0.2, 0) is 4.74 Å². The first kappa shape index (κ1) is 11.9. The first-order chi connectivity index (χ1) is 9.83. The summed E-state index contributed by atoms with van der Waals surface area (Å²) in [6.07, 6.45) is 1.01. The minimum absolute atomic E-state index is 0.00663. The van der Waals surface area contributed by atoms with E-state index in [4.69, 9.17) is 4.74 Å². The lowest BCUT2D eigenvalue weighted by molar-refractivity contribution is 0.0826. The maximum absolute atomic E-state index is 13.5. The summed E-state index contributed by atoms with van der Waals surface area (Å²) >= 11 is 0. The van der Waals surface area contributed by atoms with Gasteiger partial charge in [-0.1, -0.05) is 30.3 Å². The minimum atomic E-state index is -0.196. The van der Waals surface area contributed by atoms with Gasteiger partial charge < -0.3 is 10.1 Å². The number of nitrogens with one attached hydrogen (secondary N) is 1. The molecule has 2 aliphatic heterocycles. The Hall–Kier alpha value is -1.87. The van der Waals surface area contributed by atoms with E-state index in [1.165, 1.54) is 11.6 Å². The van der Waals surface area contributed by atoms with E-state index in [1.54, 1.807) is 6.07 Å². The average Bonchev–Trinajstić information content (AvgIpc) is 2.97. The van der Waals surface area contributed by atoms with Crippen LogP contribution in [0.4, 0.5) is 10.1 Å². The van der Waals surface area contributed by atoms with Crippen LogP contribution in [0.2, 0.25) is 0 Å². The highest BCUT2D eigenvalue weighted by atomic mass is 19.1. The highest BCUT2D eigenvalue weighted by Crippen LogP contribution is 2.49. The van der Waals surface area contributed by atoms with Crippen molar-refractivity contribution in [2.24, 2.45) is 5.92 Å². The molecule has 1 N–H and O–H groups in total. The number of rotatable bonds is 1. The highest BCUT2D eigenvalue weighted by molar-refractivity contribution is 5.57. The molecule has 2 nitrogen and oxygen atoms in total. The summed E-state index contributed by atoms with van der Waals surface area (Å²) in [5.41, 5.74) is 3.21. The predicted octanol–water partition coefficient (Wildman–Crippen LogP) is 4.07. The first-order valence-corrected chi connectivity index (χ1v) is 7.05. The zero-order valence-electron chi connectivity index (χ0n) is 11.1. The predicted molar refractivity (Wildman–Crippen MR) is 76.0 cm³/mol. The van der Waals surface area contributed by atoms with Crippen molar-refractivity contribution in [3.63, 3.8) is 0 Å². The van der Waals surface area contributed by atoms with Crippen LogP contribution < -0.4 is 5.32 Å². The molecule has 2 aromatic rings. The molecular weight excluding hydrogens is 253 g/mol. The lowest BCUT2D eigenvalue weighted by Crippen LogP contribution is -2.29. The monoisotopic (exact) mass is 269 g/mol. The number of benzene rings is 2. The first-order valence-electron chi connectivity index (χ1n) is 7.05. The summed E-state index contributed by atoms with van der Waals surface area (Å²) in [6, 6.07) is 15.6. The van der Waals surface area contributed by atoms with E-state index in [-0.39, 0.29) is 18.0 Å². The van der Waals surface area contributed by atoms with Gasteiger partial charge in [0.15, 0.2) is 0 Å². The molecule has 3 heteroatoms. The van der Waals surface area contributed by atoms with Crippen molar-refractivity contribution in [1.29, 1.82) is 0 Å². The molecule has 4 rings (SSSR count). The van der Waals surface area contributed by atoms with Gasteiger partial charge in [-0.3, -0.25) is 0 Å². The summed E-state index contributed by atoms with van der Waals surface area (Å²) in [5.74, 6) is 0.171. The fraction of sp³-hybridized carbons (Fsp3) is 0.294. The largest absolute Gasteiger partial charge is 0.378 e. The Bertz CT molecular complexity index is 628. The number of anilines is 1. The molecule has 0 bridgehead atoms. The second kappa shape index (κ2) is 4.60. The van der Waals surface area contributed by atoms with E-state index in [9.17, 15) is 4.39 Å². The van der Waals surface area contributed by atoms with E-state index in [0.717, 1.165) is 24.3 Å². The molecule has 0 aromatic heterocycles. The van der Waals surface area contributed by atoms with Crippen LogP contribution in [0.15, 0.2) is 48.5 Å². The van der Waals surface area contributed by atoms with Crippen LogP contribution in [0.5, 0.6) is 0 Å². The molecule has 3 atom stereocenters. The Morgan fingerprint density at radius 1 is 1.10 bits per heavy atom. The molecule has 2 aromatic carbocycles. The molecule has 20 heavy (non-hydrogen) atoms. The van der Waals surface area contributed by atoms with Gasteiger partial charge in [0, 0.05) is 23.8 Å². The van der Waals surface area contributed by atoms with Crippen LogP contribution in [0, 0.1) is 11.7 Å². The highest BCUT2D eigenvalue weighted by Gasteiger charge is 2.41. The second-order valence-corrected chi connectivity index (χ2v) is 5.51. The third-order valence-electron chi connectivity index (χ3n) is 4.36. The van der Waals surface area contributed by atoms with Crippen molar-refractivity contribution in [3.05, 3.63) is 65.5 Å². The van der Waals surface area contributed by atoms with Gasteiger partial charge in [-0.05, 0) is 30.2 Å². The standard InChI is InChI=1S/C17H16FNO/c18-12-6-7-15-14(10-12)17-13(8-9-20-17)16(19-15)11-4-2-1-3-5-11/h1-7,10,13,16-17,19H,8-9H2. The smallest absolute Gasteiger partial charge is 0.123 e. The second-order valence-electron chi connectivity index (χ2n) is 5.51. The van der Waals surface area contributed by atoms with Gasteiger partial charge in [0.05, 0.1) is 12.1 Å². The van der Waals surface area contributed by atoms with Crippen molar-refractivity contribution in [3.8, 4) is 0 Å². The molecule has 2 aliphatic rings. The Labute approximate surface area is 117 Å².